The van der Waals surface area contributed by atoms with E-state index in [-0.39, 0.29) is 0 Å². The average molecular weight is 215 g/mol. The first-order valence-electron chi connectivity index (χ1n) is 6.53. The predicted molar refractivity (Wildman–Crippen MR) is 67.3 cm³/mol. The maximum absolute atomic E-state index is 5.04. The first-order chi connectivity index (χ1) is 7.31. The Hall–Kier alpha value is -0.0800. The molecular formula is C13H29NO. The highest BCUT2D eigenvalue weighted by Gasteiger charge is 1.99. The number of ether oxygens (including phenoxy) is 1. The summed E-state index contributed by atoms with van der Waals surface area (Å²) in [5.41, 5.74) is 0. The van der Waals surface area contributed by atoms with Crippen LogP contribution in [0.15, 0.2) is 0 Å². The van der Waals surface area contributed by atoms with Gasteiger partial charge in [0, 0.05) is 19.8 Å². The largest absolute Gasteiger partial charge is 0.385 e. The zero-order chi connectivity index (χ0) is 11.4. The van der Waals surface area contributed by atoms with Gasteiger partial charge in [0.15, 0.2) is 0 Å². The summed E-state index contributed by atoms with van der Waals surface area (Å²) in [6.45, 7) is 6.52. The van der Waals surface area contributed by atoms with Crippen molar-refractivity contribution in [1.82, 2.24) is 5.32 Å². The SMILES string of the molecule is CCCCCCCCNC(C)CCOC. The first-order valence-corrected chi connectivity index (χ1v) is 6.53. The second kappa shape index (κ2) is 12.0. The molecule has 0 aliphatic heterocycles. The van der Waals surface area contributed by atoms with E-state index < -0.39 is 0 Å². The van der Waals surface area contributed by atoms with Crippen molar-refractivity contribution in [3.63, 3.8) is 0 Å². The van der Waals surface area contributed by atoms with E-state index >= 15 is 0 Å². The standard InChI is InChI=1S/C13H29NO/c1-4-5-6-7-8-9-11-14-13(2)10-12-15-3/h13-14H,4-12H2,1-3H3. The molecule has 15 heavy (non-hydrogen) atoms. The molecule has 2 heteroatoms. The maximum atomic E-state index is 5.04. The molecule has 1 atom stereocenters. The number of nitrogens with one attached hydrogen (secondary N) is 1. The number of unbranched alkanes of at least 4 members (excludes halogenated alkanes) is 5. The summed E-state index contributed by atoms with van der Waals surface area (Å²) in [5.74, 6) is 0. The first kappa shape index (κ1) is 14.9. The van der Waals surface area contributed by atoms with Crippen molar-refractivity contribution in [3.05, 3.63) is 0 Å². The van der Waals surface area contributed by atoms with E-state index in [1.54, 1.807) is 7.11 Å². The third kappa shape index (κ3) is 11.8. The molecule has 0 saturated carbocycles. The Balaban J connectivity index is 3.02. The monoisotopic (exact) mass is 215 g/mol. The molecule has 0 aromatic heterocycles. The fraction of sp³-hybridized carbons (Fsp3) is 1.00. The zero-order valence-electron chi connectivity index (χ0n) is 10.8. The van der Waals surface area contributed by atoms with Gasteiger partial charge in [-0.3, -0.25) is 0 Å². The Labute approximate surface area is 95.8 Å². The van der Waals surface area contributed by atoms with Crippen molar-refractivity contribution >= 4 is 0 Å². The molecule has 1 N–H and O–H groups in total. The Kier molecular flexibility index (Phi) is 11.9. The molecule has 0 saturated heterocycles. The molecule has 0 spiro atoms. The zero-order valence-corrected chi connectivity index (χ0v) is 10.8. The number of hydrogen-bond donors (Lipinski definition) is 1. The molecule has 0 radical (unpaired) electrons. The second-order valence-corrected chi connectivity index (χ2v) is 4.40. The lowest BCUT2D eigenvalue weighted by molar-refractivity contribution is 0.185. The Morgan fingerprint density at radius 3 is 2.40 bits per heavy atom. The van der Waals surface area contributed by atoms with Crippen LogP contribution in [-0.2, 0) is 4.74 Å². The summed E-state index contributed by atoms with van der Waals surface area (Å²) >= 11 is 0. The normalized spacial score (nSPS) is 13.0. The minimum atomic E-state index is 0.598. The molecular weight excluding hydrogens is 186 g/mol. The van der Waals surface area contributed by atoms with Gasteiger partial charge in [-0.05, 0) is 26.3 Å². The van der Waals surface area contributed by atoms with Gasteiger partial charge < -0.3 is 10.1 Å². The Morgan fingerprint density at radius 1 is 1.07 bits per heavy atom. The second-order valence-electron chi connectivity index (χ2n) is 4.40. The van der Waals surface area contributed by atoms with Crippen LogP contribution in [0.2, 0.25) is 0 Å². The van der Waals surface area contributed by atoms with E-state index in [4.69, 9.17) is 4.74 Å². The minimum Gasteiger partial charge on any atom is -0.385 e. The van der Waals surface area contributed by atoms with Crippen molar-refractivity contribution in [2.75, 3.05) is 20.3 Å². The van der Waals surface area contributed by atoms with Gasteiger partial charge in [0.1, 0.15) is 0 Å². The summed E-state index contributed by atoms with van der Waals surface area (Å²) in [4.78, 5) is 0. The molecule has 0 aliphatic rings. The van der Waals surface area contributed by atoms with Gasteiger partial charge in [-0.1, -0.05) is 39.0 Å². The van der Waals surface area contributed by atoms with Crippen molar-refractivity contribution in [2.45, 2.75) is 64.8 Å². The summed E-state index contributed by atoms with van der Waals surface area (Å²) in [6, 6.07) is 0.598. The van der Waals surface area contributed by atoms with Gasteiger partial charge in [-0.25, -0.2) is 0 Å². The highest BCUT2D eigenvalue weighted by atomic mass is 16.5. The maximum Gasteiger partial charge on any atom is 0.0476 e. The molecule has 0 bridgehead atoms. The summed E-state index contributed by atoms with van der Waals surface area (Å²) in [5, 5.41) is 3.53. The third-order valence-electron chi connectivity index (χ3n) is 2.78. The van der Waals surface area contributed by atoms with E-state index in [2.05, 4.69) is 19.2 Å². The minimum absolute atomic E-state index is 0.598. The van der Waals surface area contributed by atoms with Crippen LogP contribution in [0.3, 0.4) is 0 Å². The fourth-order valence-electron chi connectivity index (χ4n) is 1.65. The summed E-state index contributed by atoms with van der Waals surface area (Å²) in [6.07, 6.45) is 9.37. The van der Waals surface area contributed by atoms with Crippen molar-refractivity contribution in [2.24, 2.45) is 0 Å². The van der Waals surface area contributed by atoms with E-state index in [1.807, 2.05) is 0 Å². The molecule has 0 aromatic carbocycles. The molecule has 92 valence electrons. The van der Waals surface area contributed by atoms with E-state index in [1.165, 1.54) is 38.5 Å². The van der Waals surface area contributed by atoms with Gasteiger partial charge in [0.05, 0.1) is 0 Å². The lowest BCUT2D eigenvalue weighted by Gasteiger charge is -2.12. The average Bonchev–Trinajstić information content (AvgIpc) is 2.25. The quantitative estimate of drug-likeness (QED) is 0.534. The van der Waals surface area contributed by atoms with E-state index in [0.29, 0.717) is 6.04 Å². The number of hydrogen-bond acceptors (Lipinski definition) is 2. The van der Waals surface area contributed by atoms with E-state index in [0.717, 1.165) is 19.6 Å². The van der Waals surface area contributed by atoms with Crippen molar-refractivity contribution in [3.8, 4) is 0 Å². The van der Waals surface area contributed by atoms with Crippen LogP contribution in [0.4, 0.5) is 0 Å². The van der Waals surface area contributed by atoms with Gasteiger partial charge in [0.25, 0.3) is 0 Å². The fourth-order valence-corrected chi connectivity index (χ4v) is 1.65. The molecule has 0 fully saturated rings. The van der Waals surface area contributed by atoms with Crippen LogP contribution < -0.4 is 5.32 Å². The van der Waals surface area contributed by atoms with Crippen LogP contribution in [0.25, 0.3) is 0 Å². The Bertz CT molecular complexity index is 117. The third-order valence-corrected chi connectivity index (χ3v) is 2.78. The molecule has 0 rings (SSSR count). The van der Waals surface area contributed by atoms with Crippen LogP contribution in [-0.4, -0.2) is 26.3 Å². The van der Waals surface area contributed by atoms with Gasteiger partial charge in [0.2, 0.25) is 0 Å². The van der Waals surface area contributed by atoms with Gasteiger partial charge in [-0.2, -0.15) is 0 Å². The topological polar surface area (TPSA) is 21.3 Å². The van der Waals surface area contributed by atoms with Crippen molar-refractivity contribution in [1.29, 1.82) is 0 Å². The van der Waals surface area contributed by atoms with Crippen LogP contribution in [0.1, 0.15) is 58.8 Å². The highest BCUT2D eigenvalue weighted by molar-refractivity contribution is 4.59. The lowest BCUT2D eigenvalue weighted by Crippen LogP contribution is -2.28. The molecule has 2 nitrogen and oxygen atoms in total. The predicted octanol–water partition coefficient (Wildman–Crippen LogP) is 3.36. The van der Waals surface area contributed by atoms with Gasteiger partial charge >= 0.3 is 0 Å². The molecule has 0 heterocycles. The smallest absolute Gasteiger partial charge is 0.0476 e. The van der Waals surface area contributed by atoms with E-state index in [9.17, 15) is 0 Å². The molecule has 0 aliphatic carbocycles. The number of methoxy groups -OCH3 is 1. The molecule has 0 aromatic rings. The van der Waals surface area contributed by atoms with Gasteiger partial charge in [-0.15, -0.1) is 0 Å². The molecule has 0 amide bonds. The molecule has 1 unspecified atom stereocenters. The van der Waals surface area contributed by atoms with Crippen LogP contribution >= 0.6 is 0 Å². The summed E-state index contributed by atoms with van der Waals surface area (Å²) < 4.78 is 5.04. The highest BCUT2D eigenvalue weighted by Crippen LogP contribution is 2.04. The van der Waals surface area contributed by atoms with Crippen LogP contribution in [0, 0.1) is 0 Å². The Morgan fingerprint density at radius 2 is 1.73 bits per heavy atom. The van der Waals surface area contributed by atoms with Crippen molar-refractivity contribution < 1.29 is 4.74 Å². The van der Waals surface area contributed by atoms with Crippen LogP contribution in [0.5, 0.6) is 0 Å². The lowest BCUT2D eigenvalue weighted by atomic mass is 10.1. The number of rotatable bonds is 11. The summed E-state index contributed by atoms with van der Waals surface area (Å²) in [7, 11) is 1.76.